The minimum absolute atomic E-state index is 0.0239. The summed E-state index contributed by atoms with van der Waals surface area (Å²) >= 11 is 24.4. The zero-order chi connectivity index (χ0) is 39.7. The van der Waals surface area contributed by atoms with Gasteiger partial charge in [-0.15, -0.1) is 0 Å². The third kappa shape index (κ3) is 9.16. The standard InChI is InChI=1S/C37H34Cl4N4O8S/c1-37(2,3)21-6-9-26(27(12-21)35(48)49)20-11-31(45(18-20)54(52,53)25-14-22(38)13-23(39)15-25)33(46)44-30(36(50)51)10-19-4-7-24(8-5-19)43-34(47)32-28(40)16-42-17-29(32)41/h4-9,12-17,20,30-31H,10-11,18H2,1-3H3,(H,43,47)(H,44,46)(H,48,49)(H,50,51)/t20-,30-,31?/m0/s1. The lowest BCUT2D eigenvalue weighted by Gasteiger charge is -2.25. The molecule has 284 valence electrons. The monoisotopic (exact) mass is 834 g/mol. The van der Waals surface area contributed by atoms with E-state index in [9.17, 15) is 37.8 Å². The van der Waals surface area contributed by atoms with Gasteiger partial charge in [-0.2, -0.15) is 4.31 Å². The number of anilines is 1. The van der Waals surface area contributed by atoms with Crippen molar-refractivity contribution < 1.29 is 37.8 Å². The molecule has 0 spiro atoms. The number of amides is 2. The Morgan fingerprint density at radius 3 is 2.07 bits per heavy atom. The fraction of sp³-hybridized carbons (Fsp3) is 0.270. The number of rotatable bonds is 11. The van der Waals surface area contributed by atoms with Crippen LogP contribution in [0.4, 0.5) is 5.69 Å². The van der Waals surface area contributed by atoms with Crippen LogP contribution < -0.4 is 10.6 Å². The summed E-state index contributed by atoms with van der Waals surface area (Å²) < 4.78 is 29.2. The van der Waals surface area contributed by atoms with Crippen molar-refractivity contribution in [2.45, 2.75) is 61.9 Å². The van der Waals surface area contributed by atoms with Gasteiger partial charge in [-0.05, 0) is 64.9 Å². The Hall–Kier alpha value is -4.24. The maximum Gasteiger partial charge on any atom is 0.335 e. The van der Waals surface area contributed by atoms with E-state index in [1.54, 1.807) is 30.3 Å². The number of nitrogens with one attached hydrogen (secondary N) is 2. The van der Waals surface area contributed by atoms with Gasteiger partial charge in [0.15, 0.2) is 0 Å². The van der Waals surface area contributed by atoms with Gasteiger partial charge >= 0.3 is 11.9 Å². The second-order valence-corrected chi connectivity index (χ2v) is 17.3. The number of carbonyl (C=O) groups is 4. The highest BCUT2D eigenvalue weighted by molar-refractivity contribution is 7.89. The highest BCUT2D eigenvalue weighted by Gasteiger charge is 2.46. The molecule has 17 heteroatoms. The Labute approximate surface area is 331 Å². The Morgan fingerprint density at radius 2 is 1.52 bits per heavy atom. The molecule has 5 rings (SSSR count). The van der Waals surface area contributed by atoms with E-state index >= 15 is 0 Å². The predicted molar refractivity (Wildman–Crippen MR) is 206 cm³/mol. The van der Waals surface area contributed by atoms with Gasteiger partial charge in [0, 0.05) is 47.0 Å². The van der Waals surface area contributed by atoms with E-state index in [-0.39, 0.29) is 60.9 Å². The van der Waals surface area contributed by atoms with Crippen LogP contribution in [-0.2, 0) is 31.4 Å². The largest absolute Gasteiger partial charge is 0.480 e. The first-order chi connectivity index (χ1) is 25.3. The van der Waals surface area contributed by atoms with E-state index in [4.69, 9.17) is 46.4 Å². The molecule has 1 aliphatic heterocycles. The molecule has 2 amide bonds. The lowest BCUT2D eigenvalue weighted by Crippen LogP contribution is -2.51. The smallest absolute Gasteiger partial charge is 0.335 e. The van der Waals surface area contributed by atoms with Crippen LogP contribution in [0, 0.1) is 0 Å². The second kappa shape index (κ2) is 16.2. The molecule has 1 saturated heterocycles. The Bertz CT molecular complexity index is 2210. The number of benzene rings is 3. The van der Waals surface area contributed by atoms with Gasteiger partial charge in [-0.1, -0.05) is 91.4 Å². The molecule has 2 heterocycles. The minimum Gasteiger partial charge on any atom is -0.480 e. The molecule has 4 N–H and O–H groups in total. The molecule has 3 atom stereocenters. The van der Waals surface area contributed by atoms with Crippen LogP contribution in [0.1, 0.15) is 70.5 Å². The van der Waals surface area contributed by atoms with Crippen molar-refractivity contribution in [1.82, 2.24) is 14.6 Å². The number of nitrogens with zero attached hydrogens (tertiary/aromatic N) is 2. The van der Waals surface area contributed by atoms with E-state index in [1.165, 1.54) is 42.7 Å². The lowest BCUT2D eigenvalue weighted by molar-refractivity contribution is -0.142. The summed E-state index contributed by atoms with van der Waals surface area (Å²) in [6, 6.07) is 11.8. The average molecular weight is 837 g/mol. The summed E-state index contributed by atoms with van der Waals surface area (Å²) in [6.45, 7) is 5.49. The number of halogens is 4. The molecule has 3 aromatic carbocycles. The molecule has 0 radical (unpaired) electrons. The van der Waals surface area contributed by atoms with Gasteiger partial charge in [-0.25, -0.2) is 18.0 Å². The highest BCUT2D eigenvalue weighted by Crippen LogP contribution is 2.39. The number of hydrogen-bond acceptors (Lipinski definition) is 7. The third-order valence-corrected chi connectivity index (χ3v) is 11.8. The van der Waals surface area contributed by atoms with E-state index in [0.717, 1.165) is 9.87 Å². The van der Waals surface area contributed by atoms with Gasteiger partial charge < -0.3 is 20.8 Å². The van der Waals surface area contributed by atoms with Crippen molar-refractivity contribution in [2.24, 2.45) is 0 Å². The molecule has 0 aliphatic carbocycles. The van der Waals surface area contributed by atoms with Crippen molar-refractivity contribution in [3.8, 4) is 0 Å². The van der Waals surface area contributed by atoms with E-state index < -0.39 is 51.8 Å². The maximum atomic E-state index is 14.1. The van der Waals surface area contributed by atoms with E-state index in [0.29, 0.717) is 16.8 Å². The van der Waals surface area contributed by atoms with Gasteiger partial charge in [0.1, 0.15) is 12.1 Å². The zero-order valence-corrected chi connectivity index (χ0v) is 32.8. The van der Waals surface area contributed by atoms with Crippen molar-refractivity contribution in [1.29, 1.82) is 0 Å². The second-order valence-electron chi connectivity index (χ2n) is 13.7. The quantitative estimate of drug-likeness (QED) is 0.120. The summed E-state index contributed by atoms with van der Waals surface area (Å²) in [7, 11) is -4.48. The molecular formula is C37H34Cl4N4O8S. The molecule has 54 heavy (non-hydrogen) atoms. The van der Waals surface area contributed by atoms with Crippen LogP contribution in [0.25, 0.3) is 0 Å². The van der Waals surface area contributed by atoms with Crippen LogP contribution in [-0.4, -0.2) is 70.3 Å². The highest BCUT2D eigenvalue weighted by atomic mass is 35.5. The molecule has 1 fully saturated rings. The molecule has 1 aliphatic rings. The summed E-state index contributed by atoms with van der Waals surface area (Å²) in [5.74, 6) is -4.86. The molecule has 12 nitrogen and oxygen atoms in total. The van der Waals surface area contributed by atoms with Crippen LogP contribution in [0.5, 0.6) is 0 Å². The number of carbonyl (C=O) groups excluding carboxylic acids is 2. The number of sulfonamides is 1. The lowest BCUT2D eigenvalue weighted by atomic mass is 9.83. The Kier molecular flexibility index (Phi) is 12.3. The molecule has 0 saturated carbocycles. The number of carboxylic acid groups (broad SMARTS) is 2. The fourth-order valence-electron chi connectivity index (χ4n) is 6.16. The molecule has 4 aromatic rings. The van der Waals surface area contributed by atoms with Crippen LogP contribution in [0.15, 0.2) is 78.0 Å². The van der Waals surface area contributed by atoms with Crippen molar-refractivity contribution in [3.05, 3.63) is 121 Å². The first-order valence-electron chi connectivity index (χ1n) is 16.3. The minimum atomic E-state index is -4.48. The van der Waals surface area contributed by atoms with Gasteiger partial charge in [-0.3, -0.25) is 14.6 Å². The number of aliphatic carboxylic acids is 1. The van der Waals surface area contributed by atoms with E-state index in [1.807, 2.05) is 20.8 Å². The van der Waals surface area contributed by atoms with E-state index in [2.05, 4.69) is 15.6 Å². The number of aromatic nitrogens is 1. The molecule has 0 bridgehead atoms. The average Bonchev–Trinajstić information content (AvgIpc) is 3.54. The first-order valence-corrected chi connectivity index (χ1v) is 19.3. The number of aromatic carboxylic acids is 1. The molecular weight excluding hydrogens is 802 g/mol. The molecule has 1 unspecified atom stereocenters. The van der Waals surface area contributed by atoms with Crippen molar-refractivity contribution in [3.63, 3.8) is 0 Å². The Morgan fingerprint density at radius 1 is 0.907 bits per heavy atom. The van der Waals surface area contributed by atoms with Crippen LogP contribution >= 0.6 is 46.4 Å². The third-order valence-electron chi connectivity index (χ3n) is 8.94. The van der Waals surface area contributed by atoms with Crippen molar-refractivity contribution >= 4 is 85.9 Å². The van der Waals surface area contributed by atoms with Crippen molar-refractivity contribution in [2.75, 3.05) is 11.9 Å². The van der Waals surface area contributed by atoms with Crippen LogP contribution in [0.2, 0.25) is 20.1 Å². The maximum absolute atomic E-state index is 14.1. The number of hydrogen-bond donors (Lipinski definition) is 4. The fourth-order valence-corrected chi connectivity index (χ4v) is 9.07. The normalized spacial score (nSPS) is 16.8. The summed E-state index contributed by atoms with van der Waals surface area (Å²) in [5, 5.41) is 25.6. The number of carboxylic acids is 2. The van der Waals surface area contributed by atoms with Crippen LogP contribution in [0.3, 0.4) is 0 Å². The molecule has 1 aromatic heterocycles. The summed E-state index contributed by atoms with van der Waals surface area (Å²) in [6.07, 6.45) is 2.19. The predicted octanol–water partition coefficient (Wildman–Crippen LogP) is 7.30. The Balaban J connectivity index is 1.42. The summed E-state index contributed by atoms with van der Waals surface area (Å²) in [5.41, 5.74) is 1.49. The summed E-state index contributed by atoms with van der Waals surface area (Å²) in [4.78, 5) is 55.2. The topological polar surface area (TPSA) is 183 Å². The first kappa shape index (κ1) is 40.9. The SMILES string of the molecule is CC(C)(C)c1ccc([C@H]2CC(C(=O)N[C@@H](Cc3ccc(NC(=O)c4c(Cl)cncc4Cl)cc3)C(=O)O)N(S(=O)(=O)c3cc(Cl)cc(Cl)c3)C2)c(C(=O)O)c1. The van der Waals surface area contributed by atoms with Gasteiger partial charge in [0.25, 0.3) is 5.91 Å². The van der Waals surface area contributed by atoms with Gasteiger partial charge in [0.2, 0.25) is 15.9 Å². The number of pyridine rings is 1. The zero-order valence-electron chi connectivity index (χ0n) is 28.9. The van der Waals surface area contributed by atoms with Gasteiger partial charge in [0.05, 0.1) is 26.1 Å².